The summed E-state index contributed by atoms with van der Waals surface area (Å²) in [5.41, 5.74) is 1.75. The molecule has 2 aromatic carbocycles. The largest absolute Gasteiger partial charge is 0.355 e. The average Bonchev–Trinajstić information content (AvgIpc) is 3.52. The van der Waals surface area contributed by atoms with Crippen molar-refractivity contribution in [2.75, 3.05) is 52.4 Å². The maximum atomic E-state index is 12.9. The van der Waals surface area contributed by atoms with E-state index in [0.29, 0.717) is 67.6 Å². The number of thioether (sulfide) groups is 2. The second kappa shape index (κ2) is 18.6. The molecular formula is C35H37Cl2N5O4S4. The first kappa shape index (κ1) is 38.5. The van der Waals surface area contributed by atoms with Gasteiger partial charge >= 0.3 is 0 Å². The van der Waals surface area contributed by atoms with Crippen molar-refractivity contribution in [1.29, 1.82) is 0 Å². The van der Waals surface area contributed by atoms with E-state index < -0.39 is 0 Å². The van der Waals surface area contributed by atoms with Crippen LogP contribution in [0.15, 0.2) is 58.3 Å². The van der Waals surface area contributed by atoms with E-state index in [1.807, 2.05) is 35.2 Å². The molecule has 3 heterocycles. The quantitative estimate of drug-likeness (QED) is 0.134. The SMILES string of the molecule is O=C(CCN1C(=O)C(=Cc2ccc(Cl)cc2)SC1=S)NCCN1CCN(C(=O)CCCCCN2C(=O)C(=Cc3ccc(Cl)cc3)SC2=S)CC1. The van der Waals surface area contributed by atoms with Crippen LogP contribution in [0.4, 0.5) is 0 Å². The summed E-state index contributed by atoms with van der Waals surface area (Å²) in [6.45, 7) is 4.74. The van der Waals surface area contributed by atoms with Gasteiger partial charge in [-0.2, -0.15) is 0 Å². The number of hydrogen-bond donors (Lipinski definition) is 1. The number of thiocarbonyl (C=S) groups is 2. The van der Waals surface area contributed by atoms with Gasteiger partial charge in [-0.1, -0.05) is 102 Å². The van der Waals surface area contributed by atoms with Gasteiger partial charge in [-0.25, -0.2) is 0 Å². The Morgan fingerprint density at radius 3 is 1.76 bits per heavy atom. The molecule has 3 saturated heterocycles. The van der Waals surface area contributed by atoms with E-state index in [0.717, 1.165) is 43.5 Å². The van der Waals surface area contributed by atoms with Crippen molar-refractivity contribution in [1.82, 2.24) is 24.9 Å². The summed E-state index contributed by atoms with van der Waals surface area (Å²) in [6, 6.07) is 14.5. The second-order valence-corrected chi connectivity index (χ2v) is 16.1. The number of hydrogen-bond acceptors (Lipinski definition) is 9. The van der Waals surface area contributed by atoms with Crippen LogP contribution in [-0.4, -0.2) is 104 Å². The number of nitrogens with one attached hydrogen (secondary N) is 1. The van der Waals surface area contributed by atoms with Crippen molar-refractivity contribution in [3.05, 3.63) is 79.5 Å². The number of unbranched alkanes of at least 4 members (excludes halogenated alkanes) is 2. The van der Waals surface area contributed by atoms with Gasteiger partial charge in [0.25, 0.3) is 11.8 Å². The van der Waals surface area contributed by atoms with Gasteiger partial charge in [0.2, 0.25) is 11.8 Å². The zero-order valence-corrected chi connectivity index (χ0v) is 32.1. The smallest absolute Gasteiger partial charge is 0.266 e. The fraction of sp³-hybridized carbons (Fsp3) is 0.371. The van der Waals surface area contributed by atoms with Gasteiger partial charge < -0.3 is 10.2 Å². The maximum absolute atomic E-state index is 12.9. The highest BCUT2D eigenvalue weighted by Gasteiger charge is 2.33. The lowest BCUT2D eigenvalue weighted by Crippen LogP contribution is -2.50. The minimum Gasteiger partial charge on any atom is -0.355 e. The Bertz CT molecular complexity index is 1680. The number of benzene rings is 2. The van der Waals surface area contributed by atoms with E-state index in [9.17, 15) is 19.2 Å². The third-order valence-corrected chi connectivity index (χ3v) is 11.7. The highest BCUT2D eigenvalue weighted by molar-refractivity contribution is 8.27. The first-order valence-electron chi connectivity index (χ1n) is 16.4. The van der Waals surface area contributed by atoms with Crippen molar-refractivity contribution in [2.45, 2.75) is 32.1 Å². The Hall–Kier alpha value is -2.78. The van der Waals surface area contributed by atoms with Crippen molar-refractivity contribution in [3.63, 3.8) is 0 Å². The van der Waals surface area contributed by atoms with Gasteiger partial charge in [0, 0.05) is 75.2 Å². The Morgan fingerprint density at radius 1 is 0.700 bits per heavy atom. The summed E-state index contributed by atoms with van der Waals surface area (Å²) in [7, 11) is 0. The third-order valence-electron chi connectivity index (χ3n) is 8.39. The van der Waals surface area contributed by atoms with Gasteiger partial charge in [-0.15, -0.1) is 0 Å². The van der Waals surface area contributed by atoms with E-state index in [2.05, 4.69) is 10.2 Å². The van der Waals surface area contributed by atoms with Gasteiger partial charge in [0.1, 0.15) is 8.64 Å². The minimum absolute atomic E-state index is 0.0799. The fourth-order valence-electron chi connectivity index (χ4n) is 5.56. The minimum atomic E-state index is -0.199. The highest BCUT2D eigenvalue weighted by Crippen LogP contribution is 2.34. The van der Waals surface area contributed by atoms with Crippen molar-refractivity contribution >= 4 is 116 Å². The molecule has 0 bridgehead atoms. The Kier molecular flexibility index (Phi) is 14.3. The van der Waals surface area contributed by atoms with Crippen molar-refractivity contribution in [3.8, 4) is 0 Å². The van der Waals surface area contributed by atoms with Crippen LogP contribution in [0.1, 0.15) is 43.2 Å². The molecule has 264 valence electrons. The Morgan fingerprint density at radius 2 is 1.22 bits per heavy atom. The predicted octanol–water partition coefficient (Wildman–Crippen LogP) is 6.31. The van der Waals surface area contributed by atoms with E-state index in [4.69, 9.17) is 47.6 Å². The summed E-state index contributed by atoms with van der Waals surface area (Å²) in [5.74, 6) is -0.272. The highest BCUT2D eigenvalue weighted by atomic mass is 35.5. The molecule has 0 aromatic heterocycles. The molecule has 15 heteroatoms. The van der Waals surface area contributed by atoms with Gasteiger partial charge in [0.05, 0.1) is 9.81 Å². The lowest BCUT2D eigenvalue weighted by atomic mass is 10.1. The molecule has 9 nitrogen and oxygen atoms in total. The lowest BCUT2D eigenvalue weighted by molar-refractivity contribution is -0.133. The second-order valence-electron chi connectivity index (χ2n) is 11.9. The molecule has 0 unspecified atom stereocenters. The van der Waals surface area contributed by atoms with Crippen LogP contribution < -0.4 is 5.32 Å². The molecule has 0 radical (unpaired) electrons. The van der Waals surface area contributed by atoms with Gasteiger partial charge in [-0.05, 0) is 60.4 Å². The molecule has 0 spiro atoms. The number of amides is 4. The molecule has 0 saturated carbocycles. The lowest BCUT2D eigenvalue weighted by Gasteiger charge is -2.34. The fourth-order valence-corrected chi connectivity index (χ4v) is 8.43. The molecule has 50 heavy (non-hydrogen) atoms. The van der Waals surface area contributed by atoms with E-state index in [1.54, 1.807) is 35.2 Å². The molecule has 2 aromatic rings. The van der Waals surface area contributed by atoms with Crippen LogP contribution in [0.5, 0.6) is 0 Å². The number of carbonyl (C=O) groups excluding carboxylic acids is 4. The van der Waals surface area contributed by atoms with Gasteiger partial charge in [-0.3, -0.25) is 33.9 Å². The van der Waals surface area contributed by atoms with E-state index >= 15 is 0 Å². The van der Waals surface area contributed by atoms with Crippen LogP contribution in [0.25, 0.3) is 12.2 Å². The molecule has 0 atom stereocenters. The van der Waals surface area contributed by atoms with Crippen LogP contribution in [0.2, 0.25) is 10.0 Å². The molecule has 0 aliphatic carbocycles. The van der Waals surface area contributed by atoms with Gasteiger partial charge in [0.15, 0.2) is 0 Å². The normalized spacial score (nSPS) is 18.6. The molecule has 3 fully saturated rings. The number of piperazine rings is 1. The first-order chi connectivity index (χ1) is 24.1. The summed E-state index contributed by atoms with van der Waals surface area (Å²) in [6.07, 6.45) is 6.60. The zero-order valence-electron chi connectivity index (χ0n) is 27.3. The number of rotatable bonds is 14. The maximum Gasteiger partial charge on any atom is 0.266 e. The number of carbonyl (C=O) groups is 4. The van der Waals surface area contributed by atoms with Crippen LogP contribution in [0.3, 0.4) is 0 Å². The van der Waals surface area contributed by atoms with E-state index in [1.165, 1.54) is 28.4 Å². The standard InChI is InChI=1S/C35H37Cl2N5O4S4/c36-26-9-5-24(6-10-26)22-28-32(45)41(34(47)49-28)15-3-1-2-4-31(44)40-20-18-39(19-21-40)17-14-38-30(43)13-16-42-33(46)29(50-35(42)48)23-25-7-11-27(37)12-8-25/h5-12,22-23H,1-4,13-21H2,(H,38,43). The van der Waals surface area contributed by atoms with Crippen LogP contribution in [0, 0.1) is 0 Å². The zero-order chi connectivity index (χ0) is 35.6. The molecule has 5 rings (SSSR count). The summed E-state index contributed by atoms with van der Waals surface area (Å²) < 4.78 is 1.000. The molecule has 3 aliphatic heterocycles. The average molecular weight is 791 g/mol. The number of nitrogens with zero attached hydrogens (tertiary/aromatic N) is 4. The van der Waals surface area contributed by atoms with Crippen LogP contribution in [-0.2, 0) is 19.2 Å². The third kappa shape index (κ3) is 10.9. The first-order valence-corrected chi connectivity index (χ1v) is 19.6. The molecule has 3 aliphatic rings. The van der Waals surface area contributed by atoms with Crippen molar-refractivity contribution in [2.24, 2.45) is 0 Å². The summed E-state index contributed by atoms with van der Waals surface area (Å²) in [4.78, 5) is 59.4. The monoisotopic (exact) mass is 789 g/mol. The predicted molar refractivity (Wildman–Crippen MR) is 212 cm³/mol. The number of halogens is 2. The summed E-state index contributed by atoms with van der Waals surface area (Å²) in [5, 5.41) is 4.20. The molecular weight excluding hydrogens is 754 g/mol. The molecule has 1 N–H and O–H groups in total. The topological polar surface area (TPSA) is 93.3 Å². The Labute approximate surface area is 321 Å². The molecule has 4 amide bonds. The summed E-state index contributed by atoms with van der Waals surface area (Å²) >= 11 is 25.3. The van der Waals surface area contributed by atoms with E-state index in [-0.39, 0.29) is 36.6 Å². The van der Waals surface area contributed by atoms with Crippen LogP contribution >= 0.6 is 71.2 Å². The Balaban J connectivity index is 0.917. The van der Waals surface area contributed by atoms with Crippen molar-refractivity contribution < 1.29 is 19.2 Å².